The lowest BCUT2D eigenvalue weighted by Crippen LogP contribution is -2.34. The van der Waals surface area contributed by atoms with Gasteiger partial charge >= 0.3 is 6.03 Å². The molecule has 0 aromatic carbocycles. The zero-order valence-electron chi connectivity index (χ0n) is 6.71. The summed E-state index contributed by atoms with van der Waals surface area (Å²) in [6.07, 6.45) is 1.55. The van der Waals surface area contributed by atoms with Crippen molar-refractivity contribution >= 4 is 55.9 Å². The van der Waals surface area contributed by atoms with Crippen LogP contribution in [0.25, 0.3) is 0 Å². The molecule has 2 N–H and O–H groups in total. The van der Waals surface area contributed by atoms with E-state index in [0.29, 0.717) is 5.13 Å². The highest BCUT2D eigenvalue weighted by molar-refractivity contribution is 9.11. The third kappa shape index (κ3) is 3.60. The number of thiazole rings is 1. The maximum atomic E-state index is 11.0. The highest BCUT2D eigenvalue weighted by Gasteiger charge is 2.08. The van der Waals surface area contributed by atoms with Gasteiger partial charge in [-0.2, -0.15) is 0 Å². The molecule has 0 saturated carbocycles. The van der Waals surface area contributed by atoms with Crippen LogP contribution in [0.1, 0.15) is 0 Å². The molecule has 3 amide bonds. The molecule has 0 unspecified atom stereocenters. The first-order valence-electron chi connectivity index (χ1n) is 3.40. The van der Waals surface area contributed by atoms with Crippen LogP contribution in [0, 0.1) is 0 Å². The summed E-state index contributed by atoms with van der Waals surface area (Å²) in [7, 11) is 0. The molecule has 1 rings (SSSR count). The molecule has 1 aromatic heterocycles. The summed E-state index contributed by atoms with van der Waals surface area (Å²) in [6.45, 7) is 0. The van der Waals surface area contributed by atoms with Crippen LogP contribution in [0.15, 0.2) is 9.98 Å². The van der Waals surface area contributed by atoms with Gasteiger partial charge in [0.1, 0.15) is 5.88 Å². The molecule has 0 fully saturated rings. The van der Waals surface area contributed by atoms with Crippen molar-refractivity contribution in [3.8, 4) is 0 Å². The van der Waals surface area contributed by atoms with Gasteiger partial charge in [-0.05, 0) is 15.9 Å². The van der Waals surface area contributed by atoms with Gasteiger partial charge in [-0.1, -0.05) is 11.3 Å². The predicted molar refractivity (Wildman–Crippen MR) is 57.7 cm³/mol. The number of aromatic nitrogens is 1. The quantitative estimate of drug-likeness (QED) is 0.818. The lowest BCUT2D eigenvalue weighted by Gasteiger charge is -2.00. The summed E-state index contributed by atoms with van der Waals surface area (Å²) in [4.78, 5) is 25.6. The minimum atomic E-state index is -0.641. The van der Waals surface area contributed by atoms with Gasteiger partial charge in [0.15, 0.2) is 5.13 Å². The second kappa shape index (κ2) is 5.28. The largest absolute Gasteiger partial charge is 0.327 e. The minimum Gasteiger partial charge on any atom is -0.283 e. The van der Waals surface area contributed by atoms with Gasteiger partial charge in [0.2, 0.25) is 5.91 Å². The monoisotopic (exact) mass is 297 g/mol. The number of nitrogens with one attached hydrogen (secondary N) is 2. The molecule has 1 heterocycles. The number of amides is 3. The molecule has 5 nitrogen and oxygen atoms in total. The van der Waals surface area contributed by atoms with Crippen molar-refractivity contribution in [2.45, 2.75) is 0 Å². The van der Waals surface area contributed by atoms with Crippen LogP contribution in [0.3, 0.4) is 0 Å². The van der Waals surface area contributed by atoms with Crippen molar-refractivity contribution < 1.29 is 9.59 Å². The minimum absolute atomic E-state index is 0.255. The molecular formula is C6H5BrClN3O2S. The van der Waals surface area contributed by atoms with Gasteiger partial charge in [0.05, 0.1) is 9.98 Å². The molecule has 0 aliphatic heterocycles. The number of hydrogen-bond acceptors (Lipinski definition) is 4. The van der Waals surface area contributed by atoms with Crippen LogP contribution in [0.5, 0.6) is 0 Å². The fraction of sp³-hybridized carbons (Fsp3) is 0.167. The second-order valence-corrected chi connectivity index (χ2v) is 4.78. The van der Waals surface area contributed by atoms with Crippen molar-refractivity contribution in [3.63, 3.8) is 0 Å². The average molecular weight is 299 g/mol. The molecule has 8 heteroatoms. The van der Waals surface area contributed by atoms with Crippen LogP contribution in [-0.2, 0) is 4.79 Å². The number of urea groups is 1. The Bertz CT molecular complexity index is 357. The van der Waals surface area contributed by atoms with Crippen LogP contribution in [0.2, 0.25) is 0 Å². The molecule has 0 spiro atoms. The number of carbonyl (C=O) groups is 2. The Morgan fingerprint density at radius 3 is 2.86 bits per heavy atom. The number of anilines is 1. The maximum Gasteiger partial charge on any atom is 0.327 e. The lowest BCUT2D eigenvalue weighted by atomic mass is 10.7. The molecule has 0 atom stereocenters. The summed E-state index contributed by atoms with van der Waals surface area (Å²) in [5.74, 6) is -0.811. The molecular weight excluding hydrogens is 294 g/mol. The highest BCUT2D eigenvalue weighted by atomic mass is 79.9. The third-order valence-corrected chi connectivity index (χ3v) is 2.71. The lowest BCUT2D eigenvalue weighted by molar-refractivity contribution is -0.117. The Kier molecular flexibility index (Phi) is 4.30. The number of hydrogen-bond donors (Lipinski definition) is 2. The Morgan fingerprint density at radius 1 is 1.64 bits per heavy atom. The number of alkyl halides is 1. The van der Waals surface area contributed by atoms with E-state index in [4.69, 9.17) is 11.6 Å². The van der Waals surface area contributed by atoms with E-state index in [2.05, 4.69) is 26.2 Å². The number of imide groups is 1. The normalized spacial score (nSPS) is 9.57. The third-order valence-electron chi connectivity index (χ3n) is 1.07. The predicted octanol–water partition coefficient (Wildman–Crippen LogP) is 1.79. The van der Waals surface area contributed by atoms with E-state index >= 15 is 0 Å². The summed E-state index contributed by atoms with van der Waals surface area (Å²) in [6, 6.07) is -0.641. The van der Waals surface area contributed by atoms with Crippen molar-refractivity contribution in [1.82, 2.24) is 10.3 Å². The molecule has 0 aliphatic carbocycles. The second-order valence-electron chi connectivity index (χ2n) is 2.11. The average Bonchev–Trinajstić information content (AvgIpc) is 2.50. The summed E-state index contributed by atoms with van der Waals surface area (Å²) in [5.41, 5.74) is 0. The Labute approximate surface area is 97.0 Å². The number of halogens is 2. The number of carbonyl (C=O) groups excluding carboxylic acids is 2. The van der Waals surface area contributed by atoms with E-state index in [1.807, 2.05) is 5.32 Å². The molecule has 14 heavy (non-hydrogen) atoms. The topological polar surface area (TPSA) is 71.1 Å². The first-order chi connectivity index (χ1) is 6.61. The first kappa shape index (κ1) is 11.4. The molecule has 0 radical (unpaired) electrons. The van der Waals surface area contributed by atoms with Crippen molar-refractivity contribution in [2.75, 3.05) is 11.2 Å². The van der Waals surface area contributed by atoms with Gasteiger partial charge in [0, 0.05) is 0 Å². The van der Waals surface area contributed by atoms with E-state index < -0.39 is 11.9 Å². The Balaban J connectivity index is 2.45. The van der Waals surface area contributed by atoms with Gasteiger partial charge in [0.25, 0.3) is 0 Å². The van der Waals surface area contributed by atoms with Crippen LogP contribution in [0.4, 0.5) is 9.93 Å². The zero-order valence-corrected chi connectivity index (χ0v) is 9.87. The van der Waals surface area contributed by atoms with E-state index in [1.165, 1.54) is 11.3 Å². The zero-order chi connectivity index (χ0) is 10.6. The Hall–Kier alpha value is -0.660. The van der Waals surface area contributed by atoms with E-state index in [0.717, 1.165) is 3.79 Å². The van der Waals surface area contributed by atoms with Crippen molar-refractivity contribution in [1.29, 1.82) is 0 Å². The maximum absolute atomic E-state index is 11.0. The van der Waals surface area contributed by atoms with Gasteiger partial charge < -0.3 is 0 Å². The van der Waals surface area contributed by atoms with Crippen LogP contribution in [-0.4, -0.2) is 22.8 Å². The highest BCUT2D eigenvalue weighted by Crippen LogP contribution is 2.22. The van der Waals surface area contributed by atoms with Gasteiger partial charge in [-0.3, -0.25) is 15.4 Å². The van der Waals surface area contributed by atoms with Crippen molar-refractivity contribution in [2.24, 2.45) is 0 Å². The fourth-order valence-electron chi connectivity index (χ4n) is 0.601. The van der Waals surface area contributed by atoms with E-state index in [-0.39, 0.29) is 5.88 Å². The molecule has 1 aromatic rings. The number of nitrogens with zero attached hydrogens (tertiary/aromatic N) is 1. The van der Waals surface area contributed by atoms with Crippen LogP contribution >= 0.6 is 38.9 Å². The number of rotatable bonds is 2. The van der Waals surface area contributed by atoms with Gasteiger partial charge in [-0.25, -0.2) is 9.78 Å². The molecule has 0 aliphatic rings. The first-order valence-corrected chi connectivity index (χ1v) is 5.54. The van der Waals surface area contributed by atoms with E-state index in [1.54, 1.807) is 6.20 Å². The fourth-order valence-corrected chi connectivity index (χ4v) is 1.77. The van der Waals surface area contributed by atoms with E-state index in [9.17, 15) is 9.59 Å². The molecule has 0 saturated heterocycles. The van der Waals surface area contributed by atoms with Crippen LogP contribution < -0.4 is 10.6 Å². The summed E-state index contributed by atoms with van der Waals surface area (Å²) >= 11 is 9.61. The van der Waals surface area contributed by atoms with Gasteiger partial charge in [-0.15, -0.1) is 11.6 Å². The molecule has 76 valence electrons. The SMILES string of the molecule is O=C(CCl)NC(=O)Nc1ncc(Br)s1. The molecule has 0 bridgehead atoms. The Morgan fingerprint density at radius 2 is 2.36 bits per heavy atom. The summed E-state index contributed by atoms with van der Waals surface area (Å²) < 4.78 is 0.788. The smallest absolute Gasteiger partial charge is 0.283 e. The van der Waals surface area contributed by atoms with Crippen molar-refractivity contribution in [3.05, 3.63) is 9.98 Å². The standard InChI is InChI=1S/C6H5BrClN3O2S/c7-3-2-9-6(14-3)11-5(13)10-4(12)1-8/h2H,1H2,(H2,9,10,11,12,13). The summed E-state index contributed by atoms with van der Waals surface area (Å²) in [5, 5.41) is 4.79.